The summed E-state index contributed by atoms with van der Waals surface area (Å²) in [6, 6.07) is 6.75. The molecule has 0 atom stereocenters. The maximum absolute atomic E-state index is 13.3. The van der Waals surface area contributed by atoms with Crippen molar-refractivity contribution in [3.8, 4) is 5.75 Å². The molecule has 5 heteroatoms. The summed E-state index contributed by atoms with van der Waals surface area (Å²) in [6.45, 7) is 6.63. The molecule has 0 aliphatic rings. The maximum Gasteiger partial charge on any atom is 0.128 e. The molecule has 0 saturated carbocycles. The summed E-state index contributed by atoms with van der Waals surface area (Å²) in [7, 11) is 0. The highest BCUT2D eigenvalue weighted by molar-refractivity contribution is 9.10. The first-order chi connectivity index (χ1) is 10.1. The van der Waals surface area contributed by atoms with E-state index < -0.39 is 0 Å². The molecule has 0 saturated heterocycles. The minimum absolute atomic E-state index is 0.300. The molecular weight excluding hydrogens is 353 g/mol. The highest BCUT2D eigenvalue weighted by Gasteiger charge is 2.07. The number of hydrogen-bond acceptors (Lipinski definition) is 3. The lowest BCUT2D eigenvalue weighted by Crippen LogP contribution is -2.12. The van der Waals surface area contributed by atoms with Gasteiger partial charge in [-0.3, -0.25) is 0 Å². The van der Waals surface area contributed by atoms with Gasteiger partial charge in [0.1, 0.15) is 18.2 Å². The SMILES string of the molecule is CCCNCc1cc(COc2cc(F)cc(Br)c2)c(C)s1. The van der Waals surface area contributed by atoms with Gasteiger partial charge in [-0.15, -0.1) is 11.3 Å². The molecule has 2 aromatic rings. The fourth-order valence-electron chi connectivity index (χ4n) is 1.98. The van der Waals surface area contributed by atoms with E-state index in [2.05, 4.69) is 41.2 Å². The van der Waals surface area contributed by atoms with Crippen molar-refractivity contribution in [2.24, 2.45) is 0 Å². The Balaban J connectivity index is 1.96. The van der Waals surface area contributed by atoms with E-state index in [0.29, 0.717) is 16.8 Å². The number of ether oxygens (including phenoxy) is 1. The molecule has 2 nitrogen and oxygen atoms in total. The van der Waals surface area contributed by atoms with Gasteiger partial charge in [0.2, 0.25) is 0 Å². The number of aryl methyl sites for hydroxylation is 1. The number of hydrogen-bond donors (Lipinski definition) is 1. The molecule has 2 rings (SSSR count). The zero-order chi connectivity index (χ0) is 15.2. The first-order valence-electron chi connectivity index (χ1n) is 6.96. The van der Waals surface area contributed by atoms with Crippen LogP contribution in [-0.2, 0) is 13.2 Å². The van der Waals surface area contributed by atoms with Crippen LogP contribution in [0.25, 0.3) is 0 Å². The van der Waals surface area contributed by atoms with E-state index >= 15 is 0 Å². The minimum Gasteiger partial charge on any atom is -0.489 e. The summed E-state index contributed by atoms with van der Waals surface area (Å²) >= 11 is 5.05. The van der Waals surface area contributed by atoms with Crippen molar-refractivity contribution in [2.45, 2.75) is 33.4 Å². The van der Waals surface area contributed by atoms with Gasteiger partial charge in [-0.05, 0) is 38.1 Å². The van der Waals surface area contributed by atoms with Crippen molar-refractivity contribution < 1.29 is 9.13 Å². The Kier molecular flexibility index (Phi) is 6.21. The van der Waals surface area contributed by atoms with Crippen molar-refractivity contribution >= 4 is 27.3 Å². The van der Waals surface area contributed by atoms with Crippen LogP contribution in [0.15, 0.2) is 28.7 Å². The van der Waals surface area contributed by atoms with Crippen molar-refractivity contribution in [3.63, 3.8) is 0 Å². The van der Waals surface area contributed by atoms with Gasteiger partial charge >= 0.3 is 0 Å². The highest BCUT2D eigenvalue weighted by atomic mass is 79.9. The molecule has 1 aromatic carbocycles. The Bertz CT molecular complexity index is 580. The standard InChI is InChI=1S/C16H19BrFNOS/c1-3-4-19-9-16-5-12(11(2)21-16)10-20-15-7-13(17)6-14(18)8-15/h5-8,19H,3-4,9-10H2,1-2H3. The zero-order valence-electron chi connectivity index (χ0n) is 12.2. The summed E-state index contributed by atoms with van der Waals surface area (Å²) in [4.78, 5) is 2.55. The molecule has 0 aliphatic carbocycles. The van der Waals surface area contributed by atoms with Gasteiger partial charge in [-0.25, -0.2) is 4.39 Å². The van der Waals surface area contributed by atoms with E-state index in [4.69, 9.17) is 4.74 Å². The summed E-state index contributed by atoms with van der Waals surface area (Å²) in [6.07, 6.45) is 1.13. The van der Waals surface area contributed by atoms with Crippen molar-refractivity contribution in [1.82, 2.24) is 5.32 Å². The first kappa shape index (κ1) is 16.5. The quantitative estimate of drug-likeness (QED) is 0.688. The van der Waals surface area contributed by atoms with Crippen LogP contribution in [0.2, 0.25) is 0 Å². The lowest BCUT2D eigenvalue weighted by molar-refractivity contribution is 0.304. The minimum atomic E-state index is -0.300. The normalized spacial score (nSPS) is 10.9. The number of benzene rings is 1. The van der Waals surface area contributed by atoms with Crippen LogP contribution in [0.4, 0.5) is 4.39 Å². The van der Waals surface area contributed by atoms with E-state index in [9.17, 15) is 4.39 Å². The Morgan fingerprint density at radius 1 is 1.29 bits per heavy atom. The van der Waals surface area contributed by atoms with Gasteiger partial charge in [-0.1, -0.05) is 22.9 Å². The van der Waals surface area contributed by atoms with Gasteiger partial charge < -0.3 is 10.1 Å². The molecule has 21 heavy (non-hydrogen) atoms. The van der Waals surface area contributed by atoms with Crippen LogP contribution in [0.3, 0.4) is 0 Å². The number of thiophene rings is 1. The molecule has 0 unspecified atom stereocenters. The molecule has 0 aliphatic heterocycles. The lowest BCUT2D eigenvalue weighted by atomic mass is 10.2. The van der Waals surface area contributed by atoms with Crippen LogP contribution >= 0.6 is 27.3 Å². The predicted molar refractivity (Wildman–Crippen MR) is 89.5 cm³/mol. The molecule has 0 radical (unpaired) electrons. The summed E-state index contributed by atoms with van der Waals surface area (Å²) < 4.78 is 19.7. The number of halogens is 2. The van der Waals surface area contributed by atoms with E-state index in [1.807, 2.05) is 0 Å². The van der Waals surface area contributed by atoms with Crippen LogP contribution in [-0.4, -0.2) is 6.54 Å². The molecule has 0 spiro atoms. The Morgan fingerprint density at radius 3 is 2.81 bits per heavy atom. The molecule has 1 heterocycles. The highest BCUT2D eigenvalue weighted by Crippen LogP contribution is 2.25. The largest absolute Gasteiger partial charge is 0.489 e. The predicted octanol–water partition coefficient (Wildman–Crippen LogP) is 5.04. The van der Waals surface area contributed by atoms with Crippen LogP contribution in [0, 0.1) is 12.7 Å². The average Bonchev–Trinajstić information content (AvgIpc) is 2.76. The smallest absolute Gasteiger partial charge is 0.128 e. The Hall–Kier alpha value is -0.910. The lowest BCUT2D eigenvalue weighted by Gasteiger charge is -2.06. The average molecular weight is 372 g/mol. The van der Waals surface area contributed by atoms with Crippen LogP contribution in [0.5, 0.6) is 5.75 Å². The van der Waals surface area contributed by atoms with Gasteiger partial charge in [0.05, 0.1) is 0 Å². The van der Waals surface area contributed by atoms with Crippen molar-refractivity contribution in [2.75, 3.05) is 6.54 Å². The monoisotopic (exact) mass is 371 g/mol. The molecular formula is C16H19BrFNOS. The molecule has 1 N–H and O–H groups in total. The third-order valence-electron chi connectivity index (χ3n) is 3.03. The molecule has 114 valence electrons. The number of rotatable bonds is 7. The number of nitrogens with one attached hydrogen (secondary N) is 1. The Morgan fingerprint density at radius 2 is 2.10 bits per heavy atom. The summed E-state index contributed by atoms with van der Waals surface area (Å²) in [5, 5.41) is 3.39. The first-order valence-corrected chi connectivity index (χ1v) is 8.57. The second-order valence-electron chi connectivity index (χ2n) is 4.86. The summed E-state index contributed by atoms with van der Waals surface area (Å²) in [5.41, 5.74) is 1.16. The third kappa shape index (κ3) is 5.09. The third-order valence-corrected chi connectivity index (χ3v) is 4.58. The Labute approximate surface area is 137 Å². The molecule has 1 aromatic heterocycles. The second kappa shape index (κ2) is 7.92. The van der Waals surface area contributed by atoms with E-state index in [1.165, 1.54) is 21.9 Å². The topological polar surface area (TPSA) is 21.3 Å². The summed E-state index contributed by atoms with van der Waals surface area (Å²) in [5.74, 6) is 0.240. The van der Waals surface area contributed by atoms with E-state index in [-0.39, 0.29) is 5.82 Å². The molecule has 0 amide bonds. The van der Waals surface area contributed by atoms with E-state index in [0.717, 1.165) is 25.1 Å². The maximum atomic E-state index is 13.3. The van der Waals surface area contributed by atoms with Gasteiger partial charge in [0, 0.05) is 32.4 Å². The van der Waals surface area contributed by atoms with Gasteiger partial charge in [-0.2, -0.15) is 0 Å². The van der Waals surface area contributed by atoms with Gasteiger partial charge in [0.25, 0.3) is 0 Å². The fourth-order valence-corrected chi connectivity index (χ4v) is 3.44. The second-order valence-corrected chi connectivity index (χ2v) is 7.12. The van der Waals surface area contributed by atoms with Crippen molar-refractivity contribution in [1.29, 1.82) is 0 Å². The van der Waals surface area contributed by atoms with Crippen molar-refractivity contribution in [3.05, 3.63) is 49.9 Å². The van der Waals surface area contributed by atoms with E-state index in [1.54, 1.807) is 17.4 Å². The fraction of sp³-hybridized carbons (Fsp3) is 0.375. The van der Waals surface area contributed by atoms with Crippen LogP contribution < -0.4 is 10.1 Å². The molecule has 0 fully saturated rings. The zero-order valence-corrected chi connectivity index (χ0v) is 14.6. The van der Waals surface area contributed by atoms with Crippen LogP contribution in [0.1, 0.15) is 28.7 Å². The van der Waals surface area contributed by atoms with Gasteiger partial charge in [0.15, 0.2) is 0 Å². The molecule has 0 bridgehead atoms.